The molecule has 1 saturated heterocycles. The van der Waals surface area contributed by atoms with Crippen molar-refractivity contribution in [3.05, 3.63) is 64.6 Å². The topological polar surface area (TPSA) is 51.2 Å². The van der Waals surface area contributed by atoms with Gasteiger partial charge in [-0.15, -0.1) is 4.91 Å². The predicted molar refractivity (Wildman–Crippen MR) is 71.4 cm³/mol. The smallest absolute Gasteiger partial charge is 0.150 e. The van der Waals surface area contributed by atoms with Crippen molar-refractivity contribution in [1.29, 1.82) is 0 Å². The highest BCUT2D eigenvalue weighted by Gasteiger charge is 2.25. The van der Waals surface area contributed by atoms with Gasteiger partial charge in [0.25, 0.3) is 0 Å². The number of rotatable bonds is 5. The molecule has 0 N–H and O–H groups in total. The van der Waals surface area contributed by atoms with Crippen LogP contribution in [0.4, 0.5) is 5.69 Å². The summed E-state index contributed by atoms with van der Waals surface area (Å²) in [6, 6.07) is 15.2. The van der Waals surface area contributed by atoms with E-state index in [1.807, 2.05) is 36.4 Å². The van der Waals surface area contributed by atoms with Crippen molar-refractivity contribution in [2.75, 3.05) is 6.61 Å². The Morgan fingerprint density at radius 3 is 2.68 bits per heavy atom. The van der Waals surface area contributed by atoms with Gasteiger partial charge in [0.15, 0.2) is 0 Å². The number of hydrogen-bond donors (Lipinski definition) is 0. The highest BCUT2D eigenvalue weighted by molar-refractivity contribution is 5.54. The van der Waals surface area contributed by atoms with Crippen LogP contribution in [0.15, 0.2) is 53.7 Å². The molecule has 0 unspecified atom stereocenters. The SMILES string of the molecule is O=Nc1cc([C@@H]2CO2)ccc1OCc1ccccc1. The van der Waals surface area contributed by atoms with E-state index in [0.29, 0.717) is 24.7 Å². The summed E-state index contributed by atoms with van der Waals surface area (Å²) in [5, 5.41) is 3.02. The van der Waals surface area contributed by atoms with Crippen molar-refractivity contribution >= 4 is 5.69 Å². The summed E-state index contributed by atoms with van der Waals surface area (Å²) in [7, 11) is 0. The van der Waals surface area contributed by atoms with Crippen LogP contribution in [0.25, 0.3) is 0 Å². The van der Waals surface area contributed by atoms with E-state index in [-0.39, 0.29) is 6.10 Å². The molecule has 0 aliphatic carbocycles. The van der Waals surface area contributed by atoms with E-state index in [1.54, 1.807) is 12.1 Å². The van der Waals surface area contributed by atoms with Gasteiger partial charge < -0.3 is 9.47 Å². The Morgan fingerprint density at radius 2 is 2.00 bits per heavy atom. The maximum atomic E-state index is 10.9. The lowest BCUT2D eigenvalue weighted by molar-refractivity contribution is 0.307. The Bertz CT molecular complexity index is 579. The van der Waals surface area contributed by atoms with Gasteiger partial charge in [-0.05, 0) is 28.4 Å². The van der Waals surface area contributed by atoms with E-state index in [2.05, 4.69) is 5.18 Å². The first-order chi connectivity index (χ1) is 9.36. The Hall–Kier alpha value is -2.20. The van der Waals surface area contributed by atoms with Crippen LogP contribution in [-0.2, 0) is 11.3 Å². The molecule has 0 radical (unpaired) electrons. The monoisotopic (exact) mass is 255 g/mol. The van der Waals surface area contributed by atoms with Gasteiger partial charge in [0, 0.05) is 0 Å². The van der Waals surface area contributed by atoms with Crippen LogP contribution in [0.1, 0.15) is 17.2 Å². The summed E-state index contributed by atoms with van der Waals surface area (Å²) in [5.41, 5.74) is 2.35. The minimum Gasteiger partial charge on any atom is -0.487 e. The summed E-state index contributed by atoms with van der Waals surface area (Å²) in [4.78, 5) is 10.9. The maximum Gasteiger partial charge on any atom is 0.150 e. The van der Waals surface area contributed by atoms with Gasteiger partial charge in [-0.1, -0.05) is 36.4 Å². The average Bonchev–Trinajstić information content (AvgIpc) is 3.30. The lowest BCUT2D eigenvalue weighted by Crippen LogP contribution is -1.95. The first kappa shape index (κ1) is 11.9. The molecule has 0 saturated carbocycles. The van der Waals surface area contributed by atoms with Gasteiger partial charge in [-0.25, -0.2) is 0 Å². The predicted octanol–water partition coefficient (Wildman–Crippen LogP) is 3.73. The quantitative estimate of drug-likeness (QED) is 0.604. The normalized spacial score (nSPS) is 16.9. The minimum absolute atomic E-state index is 0.115. The standard InChI is InChI=1S/C15H13NO3/c17-16-13-8-12(15-10-19-15)6-7-14(13)18-9-11-4-2-1-3-5-11/h1-8,15H,9-10H2/t15-/m0/s1. The van der Waals surface area contributed by atoms with Crippen molar-refractivity contribution in [3.63, 3.8) is 0 Å². The van der Waals surface area contributed by atoms with Crippen LogP contribution in [0.2, 0.25) is 0 Å². The second kappa shape index (κ2) is 5.20. The summed E-state index contributed by atoms with van der Waals surface area (Å²) in [6.07, 6.45) is 0.115. The lowest BCUT2D eigenvalue weighted by Gasteiger charge is -2.08. The molecule has 1 heterocycles. The molecule has 0 spiro atoms. The first-order valence-electron chi connectivity index (χ1n) is 6.12. The molecular weight excluding hydrogens is 242 g/mol. The molecule has 4 nitrogen and oxygen atoms in total. The van der Waals surface area contributed by atoms with Gasteiger partial charge in [0.05, 0.1) is 6.61 Å². The van der Waals surface area contributed by atoms with Gasteiger partial charge in [-0.3, -0.25) is 0 Å². The zero-order chi connectivity index (χ0) is 13.1. The summed E-state index contributed by atoms with van der Waals surface area (Å²) in [5.74, 6) is 0.503. The van der Waals surface area contributed by atoms with Crippen LogP contribution >= 0.6 is 0 Å². The zero-order valence-corrected chi connectivity index (χ0v) is 10.3. The third-order valence-corrected chi connectivity index (χ3v) is 3.02. The van der Waals surface area contributed by atoms with Crippen molar-refractivity contribution in [1.82, 2.24) is 0 Å². The second-order valence-corrected chi connectivity index (χ2v) is 4.41. The van der Waals surface area contributed by atoms with E-state index in [1.165, 1.54) is 0 Å². The van der Waals surface area contributed by atoms with Crippen LogP contribution < -0.4 is 4.74 Å². The molecule has 2 aromatic rings. The molecule has 1 aliphatic heterocycles. The average molecular weight is 255 g/mol. The largest absolute Gasteiger partial charge is 0.487 e. The van der Waals surface area contributed by atoms with Gasteiger partial charge >= 0.3 is 0 Å². The zero-order valence-electron chi connectivity index (χ0n) is 10.3. The lowest BCUT2D eigenvalue weighted by atomic mass is 10.1. The van der Waals surface area contributed by atoms with E-state index >= 15 is 0 Å². The highest BCUT2D eigenvalue weighted by Crippen LogP contribution is 2.36. The molecule has 0 amide bonds. The van der Waals surface area contributed by atoms with E-state index in [9.17, 15) is 4.91 Å². The molecule has 1 aliphatic rings. The van der Waals surface area contributed by atoms with Crippen LogP contribution in [0.5, 0.6) is 5.75 Å². The van der Waals surface area contributed by atoms with Gasteiger partial charge in [0.2, 0.25) is 0 Å². The number of ether oxygens (including phenoxy) is 2. The molecule has 1 atom stereocenters. The number of nitrogens with zero attached hydrogens (tertiary/aromatic N) is 1. The fraction of sp³-hybridized carbons (Fsp3) is 0.200. The van der Waals surface area contributed by atoms with Gasteiger partial charge in [-0.2, -0.15) is 0 Å². The van der Waals surface area contributed by atoms with Crippen molar-refractivity contribution in [2.45, 2.75) is 12.7 Å². The van der Waals surface area contributed by atoms with Crippen LogP contribution in [0.3, 0.4) is 0 Å². The molecule has 2 aromatic carbocycles. The van der Waals surface area contributed by atoms with E-state index in [0.717, 1.165) is 11.1 Å². The van der Waals surface area contributed by atoms with Crippen LogP contribution in [-0.4, -0.2) is 6.61 Å². The van der Waals surface area contributed by atoms with Crippen molar-refractivity contribution in [2.24, 2.45) is 5.18 Å². The minimum atomic E-state index is 0.115. The highest BCUT2D eigenvalue weighted by atomic mass is 16.6. The third kappa shape index (κ3) is 2.80. The summed E-state index contributed by atoms with van der Waals surface area (Å²) >= 11 is 0. The molecule has 0 bridgehead atoms. The number of hydrogen-bond acceptors (Lipinski definition) is 4. The molecule has 4 heteroatoms. The van der Waals surface area contributed by atoms with Crippen molar-refractivity contribution < 1.29 is 9.47 Å². The number of nitroso groups, excluding NO2 is 1. The molecule has 19 heavy (non-hydrogen) atoms. The summed E-state index contributed by atoms with van der Waals surface area (Å²) in [6.45, 7) is 1.13. The van der Waals surface area contributed by atoms with Crippen molar-refractivity contribution in [3.8, 4) is 5.75 Å². The second-order valence-electron chi connectivity index (χ2n) is 4.41. The Labute approximate surface area is 110 Å². The number of epoxide rings is 1. The Balaban J connectivity index is 1.75. The first-order valence-corrected chi connectivity index (χ1v) is 6.12. The molecule has 96 valence electrons. The molecule has 3 rings (SSSR count). The van der Waals surface area contributed by atoms with Gasteiger partial charge in [0.1, 0.15) is 24.1 Å². The molecule has 1 fully saturated rings. The van der Waals surface area contributed by atoms with E-state index < -0.39 is 0 Å². The molecular formula is C15H13NO3. The number of benzene rings is 2. The third-order valence-electron chi connectivity index (χ3n) is 3.02. The van der Waals surface area contributed by atoms with E-state index in [4.69, 9.17) is 9.47 Å². The Morgan fingerprint density at radius 1 is 1.21 bits per heavy atom. The Kier molecular flexibility index (Phi) is 3.25. The summed E-state index contributed by atoms with van der Waals surface area (Å²) < 4.78 is 10.8. The fourth-order valence-electron chi connectivity index (χ4n) is 1.90. The fourth-order valence-corrected chi connectivity index (χ4v) is 1.90. The maximum absolute atomic E-state index is 10.9. The van der Waals surface area contributed by atoms with Crippen LogP contribution in [0, 0.1) is 4.91 Å². The molecule has 0 aromatic heterocycles.